The molecule has 0 fully saturated rings. The molecule has 112 valence electrons. The first-order valence-electron chi connectivity index (χ1n) is 7.16. The van der Waals surface area contributed by atoms with Gasteiger partial charge in [-0.15, -0.1) is 0 Å². The molecule has 0 bridgehead atoms. The zero-order valence-corrected chi connectivity index (χ0v) is 13.9. The van der Waals surface area contributed by atoms with E-state index in [1.165, 1.54) is 17.7 Å². The Morgan fingerprint density at radius 1 is 1.05 bits per heavy atom. The normalized spacial score (nSPS) is 12.7. The quantitative estimate of drug-likeness (QED) is 0.798. The van der Waals surface area contributed by atoms with Crippen LogP contribution in [0.2, 0.25) is 0 Å². The van der Waals surface area contributed by atoms with Crippen LogP contribution in [0.5, 0.6) is 0 Å². The summed E-state index contributed by atoms with van der Waals surface area (Å²) in [7, 11) is 0. The molecule has 2 aromatic rings. The number of aliphatic hydroxyl groups is 1. The molecular weight excluding hydrogens is 331 g/mol. The highest BCUT2D eigenvalue weighted by Gasteiger charge is 2.11. The highest BCUT2D eigenvalue weighted by molar-refractivity contribution is 9.10. The number of aliphatic hydroxyl groups excluding tert-OH is 1. The van der Waals surface area contributed by atoms with Gasteiger partial charge in [-0.2, -0.15) is 0 Å². The third-order valence-electron chi connectivity index (χ3n) is 3.44. The molecule has 0 aliphatic rings. The van der Waals surface area contributed by atoms with Gasteiger partial charge in [-0.05, 0) is 41.2 Å². The van der Waals surface area contributed by atoms with Crippen molar-refractivity contribution >= 4 is 15.9 Å². The van der Waals surface area contributed by atoms with Gasteiger partial charge in [0.15, 0.2) is 0 Å². The number of benzene rings is 2. The zero-order chi connectivity index (χ0) is 15.4. The summed E-state index contributed by atoms with van der Waals surface area (Å²) in [5.41, 5.74) is 3.07. The van der Waals surface area contributed by atoms with E-state index >= 15 is 0 Å². The van der Waals surface area contributed by atoms with E-state index in [2.05, 4.69) is 41.9 Å². The van der Waals surface area contributed by atoms with Crippen molar-refractivity contribution in [1.29, 1.82) is 0 Å². The predicted octanol–water partition coefficient (Wildman–Crippen LogP) is 5.06. The van der Waals surface area contributed by atoms with E-state index in [0.29, 0.717) is 16.8 Å². The molecule has 3 heteroatoms. The molecule has 0 saturated carbocycles. The lowest BCUT2D eigenvalue weighted by Gasteiger charge is -2.13. The summed E-state index contributed by atoms with van der Waals surface area (Å²) in [6.07, 6.45) is 0.921. The summed E-state index contributed by atoms with van der Waals surface area (Å²) in [6.45, 7) is 4.38. The molecule has 0 radical (unpaired) electrons. The zero-order valence-electron chi connectivity index (χ0n) is 12.3. The molecule has 1 atom stereocenters. The van der Waals surface area contributed by atoms with Gasteiger partial charge in [0, 0.05) is 10.9 Å². The third kappa shape index (κ3) is 4.65. The summed E-state index contributed by atoms with van der Waals surface area (Å²) in [5.74, 6) is 0.342. The van der Waals surface area contributed by atoms with Crippen molar-refractivity contribution < 1.29 is 9.50 Å². The Morgan fingerprint density at radius 3 is 2.29 bits per heavy atom. The Morgan fingerprint density at radius 2 is 1.71 bits per heavy atom. The molecule has 0 aromatic heterocycles. The molecule has 1 nitrogen and oxygen atoms in total. The van der Waals surface area contributed by atoms with Gasteiger partial charge in [0.25, 0.3) is 0 Å². The van der Waals surface area contributed by atoms with E-state index in [9.17, 15) is 9.50 Å². The first-order valence-corrected chi connectivity index (χ1v) is 7.96. The van der Waals surface area contributed by atoms with Gasteiger partial charge in [0.2, 0.25) is 0 Å². The molecule has 1 unspecified atom stereocenters. The molecule has 2 rings (SSSR count). The topological polar surface area (TPSA) is 20.2 Å². The lowest BCUT2D eigenvalue weighted by Crippen LogP contribution is -2.03. The van der Waals surface area contributed by atoms with Crippen molar-refractivity contribution in [3.05, 3.63) is 69.4 Å². The second-order valence-electron chi connectivity index (χ2n) is 5.80. The number of hydrogen-bond donors (Lipinski definition) is 1. The van der Waals surface area contributed by atoms with E-state index in [1.807, 2.05) is 12.1 Å². The maximum absolute atomic E-state index is 13.1. The van der Waals surface area contributed by atoms with Crippen LogP contribution in [-0.2, 0) is 12.8 Å². The maximum Gasteiger partial charge on any atom is 0.124 e. The second-order valence-corrected chi connectivity index (χ2v) is 6.65. The molecule has 0 aliphatic heterocycles. The van der Waals surface area contributed by atoms with Crippen molar-refractivity contribution in [2.24, 2.45) is 5.92 Å². The molecule has 2 aromatic carbocycles. The Balaban J connectivity index is 2.07. The molecule has 0 heterocycles. The smallest absolute Gasteiger partial charge is 0.124 e. The summed E-state index contributed by atoms with van der Waals surface area (Å²) < 4.78 is 13.8. The van der Waals surface area contributed by atoms with Crippen molar-refractivity contribution in [3.8, 4) is 0 Å². The van der Waals surface area contributed by atoms with Gasteiger partial charge in [-0.25, -0.2) is 4.39 Å². The predicted molar refractivity (Wildman–Crippen MR) is 87.7 cm³/mol. The van der Waals surface area contributed by atoms with Crippen molar-refractivity contribution in [2.75, 3.05) is 0 Å². The first kappa shape index (κ1) is 16.2. The largest absolute Gasteiger partial charge is 0.388 e. The Bertz CT molecular complexity index is 593. The summed E-state index contributed by atoms with van der Waals surface area (Å²) in [5, 5.41) is 10.3. The highest BCUT2D eigenvalue weighted by Crippen LogP contribution is 2.25. The lowest BCUT2D eigenvalue weighted by atomic mass is 9.97. The van der Waals surface area contributed by atoms with E-state index in [0.717, 1.165) is 17.5 Å². The van der Waals surface area contributed by atoms with Gasteiger partial charge in [-0.1, -0.05) is 60.1 Å². The van der Waals surface area contributed by atoms with Crippen LogP contribution in [0.3, 0.4) is 0 Å². The third-order valence-corrected chi connectivity index (χ3v) is 4.18. The second kappa shape index (κ2) is 7.19. The number of halogens is 2. The Hall–Kier alpha value is -1.19. The van der Waals surface area contributed by atoms with Crippen LogP contribution >= 0.6 is 15.9 Å². The lowest BCUT2D eigenvalue weighted by molar-refractivity contribution is 0.178. The standard InChI is InChI=1S/C18H20BrFO/c1-12(2)9-13-3-5-14(6-4-13)18(21)10-15-7-8-16(20)11-17(15)19/h3-8,11-12,18,21H,9-10H2,1-2H3. The summed E-state index contributed by atoms with van der Waals surface area (Å²) >= 11 is 3.34. The molecule has 0 spiro atoms. The molecule has 0 aliphatic carbocycles. The van der Waals surface area contributed by atoms with Crippen molar-refractivity contribution in [3.63, 3.8) is 0 Å². The van der Waals surface area contributed by atoms with Gasteiger partial charge >= 0.3 is 0 Å². The molecule has 0 saturated heterocycles. The monoisotopic (exact) mass is 350 g/mol. The minimum absolute atomic E-state index is 0.279. The van der Waals surface area contributed by atoms with Crippen LogP contribution in [0.4, 0.5) is 4.39 Å². The average Bonchev–Trinajstić information content (AvgIpc) is 2.42. The first-order chi connectivity index (χ1) is 9.95. The van der Waals surface area contributed by atoms with Crippen molar-refractivity contribution in [1.82, 2.24) is 0 Å². The summed E-state index contributed by atoms with van der Waals surface area (Å²) in [6, 6.07) is 12.6. The molecular formula is C18H20BrFO. The molecule has 21 heavy (non-hydrogen) atoms. The number of hydrogen-bond acceptors (Lipinski definition) is 1. The molecule has 1 N–H and O–H groups in total. The Kier molecular flexibility index (Phi) is 5.54. The van der Waals surface area contributed by atoms with Crippen LogP contribution < -0.4 is 0 Å². The number of rotatable bonds is 5. The van der Waals surface area contributed by atoms with E-state index < -0.39 is 6.10 Å². The molecule has 0 amide bonds. The minimum atomic E-state index is -0.583. The fourth-order valence-corrected chi connectivity index (χ4v) is 2.87. The fourth-order valence-electron chi connectivity index (χ4n) is 2.36. The highest BCUT2D eigenvalue weighted by atomic mass is 79.9. The van der Waals surface area contributed by atoms with Gasteiger partial charge in [0.1, 0.15) is 5.82 Å². The maximum atomic E-state index is 13.1. The van der Waals surface area contributed by atoms with Crippen LogP contribution in [-0.4, -0.2) is 5.11 Å². The van der Waals surface area contributed by atoms with Gasteiger partial charge in [-0.3, -0.25) is 0 Å². The van der Waals surface area contributed by atoms with Gasteiger partial charge in [0.05, 0.1) is 6.10 Å². The summed E-state index contributed by atoms with van der Waals surface area (Å²) in [4.78, 5) is 0. The van der Waals surface area contributed by atoms with E-state index in [4.69, 9.17) is 0 Å². The minimum Gasteiger partial charge on any atom is -0.388 e. The average molecular weight is 351 g/mol. The fraction of sp³-hybridized carbons (Fsp3) is 0.333. The van der Waals surface area contributed by atoms with E-state index in [-0.39, 0.29) is 5.82 Å². The SMILES string of the molecule is CC(C)Cc1ccc(C(O)Cc2ccc(F)cc2Br)cc1. The van der Waals surface area contributed by atoms with Crippen LogP contribution in [0, 0.1) is 11.7 Å². The van der Waals surface area contributed by atoms with Gasteiger partial charge < -0.3 is 5.11 Å². The Labute approximate surface area is 134 Å². The van der Waals surface area contributed by atoms with Crippen molar-refractivity contribution in [2.45, 2.75) is 32.8 Å². The van der Waals surface area contributed by atoms with Crippen LogP contribution in [0.25, 0.3) is 0 Å². The van der Waals surface area contributed by atoms with Crippen LogP contribution in [0.1, 0.15) is 36.6 Å². The van der Waals surface area contributed by atoms with E-state index in [1.54, 1.807) is 6.07 Å². The van der Waals surface area contributed by atoms with Crippen LogP contribution in [0.15, 0.2) is 46.9 Å².